The van der Waals surface area contributed by atoms with Crippen molar-refractivity contribution in [1.82, 2.24) is 4.90 Å². The minimum atomic E-state index is 0.311. The largest absolute Gasteiger partial charge is 0.328 e. The van der Waals surface area contributed by atoms with Crippen LogP contribution in [0.4, 0.5) is 0 Å². The Bertz CT molecular complexity index is 174. The first kappa shape index (κ1) is 11.7. The summed E-state index contributed by atoms with van der Waals surface area (Å²) in [7, 11) is 0. The van der Waals surface area contributed by atoms with Crippen LogP contribution in [-0.2, 0) is 4.79 Å². The van der Waals surface area contributed by atoms with Gasteiger partial charge in [-0.3, -0.25) is 0 Å². The maximum atomic E-state index is 10.7. The van der Waals surface area contributed by atoms with E-state index in [1.807, 2.05) is 0 Å². The number of likely N-dealkylation sites (tertiary alicyclic amines) is 1. The third-order valence-corrected chi connectivity index (χ3v) is 2.89. The summed E-state index contributed by atoms with van der Waals surface area (Å²) in [6.07, 6.45) is 5.19. The Labute approximate surface area is 86.6 Å². The van der Waals surface area contributed by atoms with E-state index in [2.05, 4.69) is 4.90 Å². The molecule has 0 spiro atoms. The third kappa shape index (κ3) is 4.72. The van der Waals surface area contributed by atoms with Crippen LogP contribution in [-0.4, -0.2) is 36.4 Å². The number of hydrogen-bond donors (Lipinski definition) is 1. The highest BCUT2D eigenvalue weighted by Gasteiger charge is 2.14. The molecule has 3 heteroatoms. The normalized spacial score (nSPS) is 19.9. The van der Waals surface area contributed by atoms with Gasteiger partial charge in [0.05, 0.1) is 0 Å². The summed E-state index contributed by atoms with van der Waals surface area (Å²) in [4.78, 5) is 13.2. The summed E-state index contributed by atoms with van der Waals surface area (Å²) < 4.78 is 0. The zero-order chi connectivity index (χ0) is 10.4. The first-order chi connectivity index (χ1) is 6.68. The van der Waals surface area contributed by atoms with Gasteiger partial charge in [0, 0.05) is 12.5 Å². The van der Waals surface area contributed by atoms with Gasteiger partial charge in [0.15, 0.2) is 0 Å². The molecule has 82 valence electrons. The van der Waals surface area contributed by atoms with Crippen molar-refractivity contribution in [2.75, 3.05) is 19.6 Å². The number of nitrogens with zero attached hydrogens (tertiary/aromatic N) is 1. The molecule has 3 nitrogen and oxygen atoms in total. The molecule has 0 bridgehead atoms. The minimum Gasteiger partial charge on any atom is -0.328 e. The highest BCUT2D eigenvalue weighted by atomic mass is 16.1. The lowest BCUT2D eigenvalue weighted by molar-refractivity contribution is -0.117. The van der Waals surface area contributed by atoms with E-state index in [4.69, 9.17) is 5.73 Å². The van der Waals surface area contributed by atoms with Crippen LogP contribution in [0.2, 0.25) is 0 Å². The zero-order valence-electron chi connectivity index (χ0n) is 9.17. The molecule has 0 unspecified atom stereocenters. The van der Waals surface area contributed by atoms with Crippen LogP contribution in [0.15, 0.2) is 0 Å². The lowest BCUT2D eigenvalue weighted by Crippen LogP contribution is -2.40. The number of carbonyl (C=O) groups excluding carboxylic acids is 1. The predicted molar refractivity (Wildman–Crippen MR) is 58.2 cm³/mol. The number of carbonyl (C=O) groups is 1. The van der Waals surface area contributed by atoms with E-state index in [9.17, 15) is 4.79 Å². The lowest BCUT2D eigenvalue weighted by Gasteiger charge is -2.29. The molecule has 2 N–H and O–H groups in total. The van der Waals surface area contributed by atoms with Crippen molar-refractivity contribution in [3.05, 3.63) is 0 Å². The topological polar surface area (TPSA) is 46.3 Å². The average Bonchev–Trinajstić information content (AvgIpc) is 2.15. The van der Waals surface area contributed by atoms with Crippen molar-refractivity contribution in [1.29, 1.82) is 0 Å². The first-order valence-electron chi connectivity index (χ1n) is 5.66. The quantitative estimate of drug-likeness (QED) is 0.674. The second-order valence-electron chi connectivity index (χ2n) is 4.34. The third-order valence-electron chi connectivity index (χ3n) is 2.89. The van der Waals surface area contributed by atoms with Crippen molar-refractivity contribution in [3.8, 4) is 0 Å². The SMILES string of the molecule is CC(=O)CCCCN1CCC(N)CC1. The van der Waals surface area contributed by atoms with Crippen LogP contribution in [0.3, 0.4) is 0 Å². The first-order valence-corrected chi connectivity index (χ1v) is 5.66. The number of Topliss-reactive ketones (excluding diaryl/α,β-unsaturated/α-hetero) is 1. The van der Waals surface area contributed by atoms with Crippen molar-refractivity contribution >= 4 is 5.78 Å². The minimum absolute atomic E-state index is 0.311. The molecule has 1 fully saturated rings. The van der Waals surface area contributed by atoms with E-state index in [0.29, 0.717) is 11.8 Å². The van der Waals surface area contributed by atoms with Gasteiger partial charge in [0.25, 0.3) is 0 Å². The van der Waals surface area contributed by atoms with Crippen molar-refractivity contribution < 1.29 is 4.79 Å². The Balaban J connectivity index is 1.99. The van der Waals surface area contributed by atoms with E-state index in [1.165, 1.54) is 0 Å². The molecule has 1 aliphatic heterocycles. The highest BCUT2D eigenvalue weighted by Crippen LogP contribution is 2.09. The number of hydrogen-bond acceptors (Lipinski definition) is 3. The van der Waals surface area contributed by atoms with E-state index >= 15 is 0 Å². The van der Waals surface area contributed by atoms with Crippen LogP contribution < -0.4 is 5.73 Å². The second kappa shape index (κ2) is 6.14. The van der Waals surface area contributed by atoms with Gasteiger partial charge in [-0.25, -0.2) is 0 Å². The fourth-order valence-electron chi connectivity index (χ4n) is 1.89. The maximum absolute atomic E-state index is 10.7. The lowest BCUT2D eigenvalue weighted by atomic mass is 10.1. The molecule has 0 aromatic heterocycles. The smallest absolute Gasteiger partial charge is 0.129 e. The number of nitrogens with two attached hydrogens (primary N) is 1. The second-order valence-corrected chi connectivity index (χ2v) is 4.34. The molecule has 14 heavy (non-hydrogen) atoms. The molecule has 0 amide bonds. The Morgan fingerprint density at radius 3 is 2.57 bits per heavy atom. The zero-order valence-corrected chi connectivity index (χ0v) is 9.17. The van der Waals surface area contributed by atoms with E-state index in [0.717, 1.165) is 51.7 Å². The van der Waals surface area contributed by atoms with Crippen LogP contribution in [0.1, 0.15) is 39.0 Å². The fraction of sp³-hybridized carbons (Fsp3) is 0.909. The monoisotopic (exact) mass is 198 g/mol. The molecule has 0 atom stereocenters. The standard InChI is InChI=1S/C11H22N2O/c1-10(14)4-2-3-7-13-8-5-11(12)6-9-13/h11H,2-9,12H2,1H3. The molecule has 1 heterocycles. The highest BCUT2D eigenvalue weighted by molar-refractivity contribution is 5.75. The number of ketones is 1. The summed E-state index contributed by atoms with van der Waals surface area (Å²) in [5, 5.41) is 0. The number of piperidine rings is 1. The molecule has 0 saturated carbocycles. The predicted octanol–water partition coefficient (Wildman–Crippen LogP) is 1.17. The molecular formula is C11H22N2O. The van der Waals surface area contributed by atoms with Gasteiger partial charge in [0.1, 0.15) is 5.78 Å². The van der Waals surface area contributed by atoms with E-state index < -0.39 is 0 Å². The Morgan fingerprint density at radius 1 is 1.36 bits per heavy atom. The molecular weight excluding hydrogens is 176 g/mol. The average molecular weight is 198 g/mol. The van der Waals surface area contributed by atoms with Gasteiger partial charge in [-0.2, -0.15) is 0 Å². The molecule has 0 radical (unpaired) electrons. The summed E-state index contributed by atoms with van der Waals surface area (Å²) >= 11 is 0. The fourth-order valence-corrected chi connectivity index (χ4v) is 1.89. The van der Waals surface area contributed by atoms with Gasteiger partial charge in [0.2, 0.25) is 0 Å². The summed E-state index contributed by atoms with van der Waals surface area (Å²) in [6, 6.07) is 0.420. The number of unbranched alkanes of at least 4 members (excludes halogenated alkanes) is 1. The Hall–Kier alpha value is -0.410. The van der Waals surface area contributed by atoms with Crippen LogP contribution in [0.25, 0.3) is 0 Å². The van der Waals surface area contributed by atoms with E-state index in [-0.39, 0.29) is 0 Å². The summed E-state index contributed by atoms with van der Waals surface area (Å²) in [5.74, 6) is 0.311. The van der Waals surface area contributed by atoms with Crippen LogP contribution in [0.5, 0.6) is 0 Å². The molecule has 0 aromatic carbocycles. The molecule has 1 saturated heterocycles. The molecule has 0 aliphatic carbocycles. The Kier molecular flexibility index (Phi) is 5.12. The van der Waals surface area contributed by atoms with Gasteiger partial charge < -0.3 is 15.4 Å². The van der Waals surface area contributed by atoms with Crippen LogP contribution in [0, 0.1) is 0 Å². The van der Waals surface area contributed by atoms with Crippen molar-refractivity contribution in [3.63, 3.8) is 0 Å². The van der Waals surface area contributed by atoms with Gasteiger partial charge in [-0.05, 0) is 52.2 Å². The molecule has 0 aromatic rings. The molecule has 1 rings (SSSR count). The molecule has 1 aliphatic rings. The maximum Gasteiger partial charge on any atom is 0.129 e. The number of rotatable bonds is 5. The van der Waals surface area contributed by atoms with Gasteiger partial charge >= 0.3 is 0 Å². The van der Waals surface area contributed by atoms with E-state index in [1.54, 1.807) is 6.92 Å². The van der Waals surface area contributed by atoms with Gasteiger partial charge in [-0.15, -0.1) is 0 Å². The van der Waals surface area contributed by atoms with Crippen molar-refractivity contribution in [2.45, 2.75) is 45.1 Å². The van der Waals surface area contributed by atoms with Crippen LogP contribution >= 0.6 is 0 Å². The van der Waals surface area contributed by atoms with Gasteiger partial charge in [-0.1, -0.05) is 0 Å². The summed E-state index contributed by atoms with van der Waals surface area (Å²) in [5.41, 5.74) is 5.82. The van der Waals surface area contributed by atoms with Crippen molar-refractivity contribution in [2.24, 2.45) is 5.73 Å². The Morgan fingerprint density at radius 2 is 2.00 bits per heavy atom. The summed E-state index contributed by atoms with van der Waals surface area (Å²) in [6.45, 7) is 5.09.